The number of carbonyl (C=O) groups excluding carboxylic acids is 1. The molecule has 0 aliphatic carbocycles. The van der Waals surface area contributed by atoms with Gasteiger partial charge in [-0.3, -0.25) is 9.48 Å². The number of anilines is 1. The Bertz CT molecular complexity index is 1630. The van der Waals surface area contributed by atoms with Crippen LogP contribution in [-0.4, -0.2) is 20.3 Å². The third-order valence-corrected chi connectivity index (χ3v) is 6.89. The van der Waals surface area contributed by atoms with Crippen LogP contribution in [-0.2, 0) is 19.3 Å². The van der Waals surface area contributed by atoms with E-state index in [-0.39, 0.29) is 12.5 Å². The van der Waals surface area contributed by atoms with E-state index in [1.165, 1.54) is 11.6 Å². The zero-order chi connectivity index (χ0) is 27.0. The van der Waals surface area contributed by atoms with Crippen LogP contribution in [0, 0.1) is 20.8 Å². The maximum absolute atomic E-state index is 13.1. The van der Waals surface area contributed by atoms with Gasteiger partial charge in [0.05, 0.1) is 12.1 Å². The van der Waals surface area contributed by atoms with Crippen molar-refractivity contribution in [2.75, 3.05) is 5.32 Å². The average Bonchev–Trinajstić information content (AvgIpc) is 3.35. The van der Waals surface area contributed by atoms with Crippen molar-refractivity contribution in [3.63, 3.8) is 0 Å². The summed E-state index contributed by atoms with van der Waals surface area (Å²) in [4.78, 5) is 13.1. The van der Waals surface area contributed by atoms with Gasteiger partial charge in [-0.1, -0.05) is 42.5 Å². The first-order valence-corrected chi connectivity index (χ1v) is 12.3. The van der Waals surface area contributed by atoms with Crippen LogP contribution < -0.4 is 5.32 Å². The number of carbonyl (C=O) groups is 1. The van der Waals surface area contributed by atoms with Crippen molar-refractivity contribution in [3.8, 4) is 0 Å². The summed E-state index contributed by atoms with van der Waals surface area (Å²) in [5, 5.41) is 8.25. The molecule has 0 aliphatic heterocycles. The fourth-order valence-corrected chi connectivity index (χ4v) is 4.70. The third-order valence-electron chi connectivity index (χ3n) is 6.89. The van der Waals surface area contributed by atoms with E-state index < -0.39 is 11.7 Å². The summed E-state index contributed by atoms with van der Waals surface area (Å²) < 4.78 is 43.0. The van der Waals surface area contributed by atoms with Gasteiger partial charge in [-0.25, -0.2) is 0 Å². The number of halogens is 3. The van der Waals surface area contributed by atoms with E-state index in [1.807, 2.05) is 30.3 Å². The highest BCUT2D eigenvalue weighted by Gasteiger charge is 2.30. The summed E-state index contributed by atoms with van der Waals surface area (Å²) >= 11 is 0. The molecule has 3 aromatic carbocycles. The SMILES string of the molecule is Cc1c(C)n(Cc2ccccc2)c2ccc(C(=O)Nc3cc(C)n(Cc4cccc(C(F)(F)F)c4)n3)cc12. The summed E-state index contributed by atoms with van der Waals surface area (Å²) in [6, 6.07) is 22.7. The minimum absolute atomic E-state index is 0.158. The lowest BCUT2D eigenvalue weighted by Crippen LogP contribution is -2.13. The fraction of sp³-hybridized carbons (Fsp3) is 0.200. The number of nitrogens with one attached hydrogen (secondary N) is 1. The summed E-state index contributed by atoms with van der Waals surface area (Å²) in [6.07, 6.45) is -4.41. The molecule has 0 aliphatic rings. The van der Waals surface area contributed by atoms with E-state index in [1.54, 1.807) is 29.8 Å². The number of alkyl halides is 3. The molecule has 0 saturated heterocycles. The van der Waals surface area contributed by atoms with Gasteiger partial charge in [0, 0.05) is 40.5 Å². The number of hydrogen-bond acceptors (Lipinski definition) is 2. The third kappa shape index (κ3) is 5.07. The zero-order valence-corrected chi connectivity index (χ0v) is 21.3. The molecule has 1 N–H and O–H groups in total. The zero-order valence-electron chi connectivity index (χ0n) is 21.3. The number of nitrogens with zero attached hydrogens (tertiary/aromatic N) is 3. The van der Waals surface area contributed by atoms with Crippen LogP contribution in [0.3, 0.4) is 0 Å². The molecule has 0 radical (unpaired) electrons. The van der Waals surface area contributed by atoms with Gasteiger partial charge in [-0.2, -0.15) is 18.3 Å². The minimum Gasteiger partial charge on any atom is -0.340 e. The Labute approximate surface area is 218 Å². The lowest BCUT2D eigenvalue weighted by Gasteiger charge is -2.10. The molecule has 2 heterocycles. The molecule has 0 atom stereocenters. The molecular weight excluding hydrogens is 489 g/mol. The second-order valence-corrected chi connectivity index (χ2v) is 9.49. The Hall–Kier alpha value is -4.33. The molecule has 2 aromatic heterocycles. The van der Waals surface area contributed by atoms with Gasteiger partial charge >= 0.3 is 6.18 Å². The van der Waals surface area contributed by atoms with Gasteiger partial charge < -0.3 is 9.88 Å². The molecule has 38 heavy (non-hydrogen) atoms. The second-order valence-electron chi connectivity index (χ2n) is 9.49. The highest BCUT2D eigenvalue weighted by Crippen LogP contribution is 2.30. The lowest BCUT2D eigenvalue weighted by molar-refractivity contribution is -0.137. The van der Waals surface area contributed by atoms with Gasteiger partial charge in [0.1, 0.15) is 0 Å². The lowest BCUT2D eigenvalue weighted by atomic mass is 10.1. The molecule has 0 bridgehead atoms. The first kappa shape index (κ1) is 25.3. The topological polar surface area (TPSA) is 51.9 Å². The number of fused-ring (bicyclic) bond motifs is 1. The molecule has 194 valence electrons. The van der Waals surface area contributed by atoms with Crippen molar-refractivity contribution in [3.05, 3.63) is 118 Å². The van der Waals surface area contributed by atoms with Crippen molar-refractivity contribution in [1.82, 2.24) is 14.3 Å². The quantitative estimate of drug-likeness (QED) is 0.261. The van der Waals surface area contributed by atoms with Gasteiger partial charge in [0.2, 0.25) is 0 Å². The number of rotatable bonds is 6. The van der Waals surface area contributed by atoms with E-state index >= 15 is 0 Å². The molecule has 0 saturated carbocycles. The molecular formula is C30H27F3N4O. The van der Waals surface area contributed by atoms with Crippen molar-refractivity contribution in [2.24, 2.45) is 0 Å². The maximum atomic E-state index is 13.1. The van der Waals surface area contributed by atoms with E-state index in [0.29, 0.717) is 16.9 Å². The van der Waals surface area contributed by atoms with Crippen LogP contribution in [0.25, 0.3) is 10.9 Å². The number of hydrogen-bond donors (Lipinski definition) is 1. The van der Waals surface area contributed by atoms with Gasteiger partial charge in [-0.05, 0) is 67.8 Å². The normalized spacial score (nSPS) is 11.7. The van der Waals surface area contributed by atoms with Crippen molar-refractivity contribution in [1.29, 1.82) is 0 Å². The van der Waals surface area contributed by atoms with Crippen LogP contribution in [0.4, 0.5) is 19.0 Å². The standard InChI is InChI=1S/C30H27F3N4O/c1-19-14-28(35-37(19)18-23-10-7-11-25(15-23)30(31,32)33)34-29(38)24-12-13-27-26(16-24)20(2)21(3)36(27)17-22-8-5-4-6-9-22/h4-16H,17-18H2,1-3H3,(H,34,35,38). The Kier molecular flexibility index (Phi) is 6.57. The minimum atomic E-state index is -4.41. The van der Waals surface area contributed by atoms with Crippen LogP contribution in [0.1, 0.15) is 44.0 Å². The van der Waals surface area contributed by atoms with Crippen LogP contribution in [0.2, 0.25) is 0 Å². The first-order chi connectivity index (χ1) is 18.1. The molecule has 1 amide bonds. The first-order valence-electron chi connectivity index (χ1n) is 12.3. The highest BCUT2D eigenvalue weighted by molar-refractivity contribution is 6.06. The Balaban J connectivity index is 1.35. The van der Waals surface area contributed by atoms with Crippen molar-refractivity contribution in [2.45, 2.75) is 40.0 Å². The Morgan fingerprint density at radius 3 is 2.34 bits per heavy atom. The average molecular weight is 517 g/mol. The summed E-state index contributed by atoms with van der Waals surface area (Å²) in [6.45, 7) is 6.83. The molecule has 5 rings (SSSR count). The van der Waals surface area contributed by atoms with E-state index in [2.05, 4.69) is 41.0 Å². The summed E-state index contributed by atoms with van der Waals surface area (Å²) in [5.41, 5.74) is 5.51. The monoisotopic (exact) mass is 516 g/mol. The van der Waals surface area contributed by atoms with E-state index in [4.69, 9.17) is 0 Å². The number of benzene rings is 3. The molecule has 5 nitrogen and oxygen atoms in total. The van der Waals surface area contributed by atoms with Crippen molar-refractivity contribution >= 4 is 22.6 Å². The largest absolute Gasteiger partial charge is 0.416 e. The van der Waals surface area contributed by atoms with Crippen LogP contribution >= 0.6 is 0 Å². The molecule has 0 unspecified atom stereocenters. The van der Waals surface area contributed by atoms with Gasteiger partial charge in [0.25, 0.3) is 5.91 Å². The Morgan fingerprint density at radius 1 is 0.868 bits per heavy atom. The highest BCUT2D eigenvalue weighted by atomic mass is 19.4. The number of aromatic nitrogens is 3. The van der Waals surface area contributed by atoms with Crippen molar-refractivity contribution < 1.29 is 18.0 Å². The predicted octanol–water partition coefficient (Wildman–Crippen LogP) is 7.13. The van der Waals surface area contributed by atoms with Gasteiger partial charge in [0.15, 0.2) is 5.82 Å². The molecule has 0 fully saturated rings. The van der Waals surface area contributed by atoms with Crippen LogP contribution in [0.5, 0.6) is 0 Å². The van der Waals surface area contributed by atoms with E-state index in [0.717, 1.165) is 46.5 Å². The number of amides is 1. The predicted molar refractivity (Wildman–Crippen MR) is 142 cm³/mol. The molecule has 5 aromatic rings. The molecule has 0 spiro atoms. The second kappa shape index (κ2) is 9.85. The van der Waals surface area contributed by atoms with Crippen LogP contribution in [0.15, 0.2) is 78.9 Å². The summed E-state index contributed by atoms with van der Waals surface area (Å²) in [5.74, 6) is 0.0394. The van der Waals surface area contributed by atoms with Gasteiger partial charge in [-0.15, -0.1) is 0 Å². The van der Waals surface area contributed by atoms with E-state index in [9.17, 15) is 18.0 Å². The molecule has 8 heteroatoms. The number of aryl methyl sites for hydroxylation is 2. The maximum Gasteiger partial charge on any atom is 0.416 e. The fourth-order valence-electron chi connectivity index (χ4n) is 4.70. The Morgan fingerprint density at radius 2 is 1.61 bits per heavy atom. The smallest absolute Gasteiger partial charge is 0.340 e. The summed E-state index contributed by atoms with van der Waals surface area (Å²) in [7, 11) is 0.